The summed E-state index contributed by atoms with van der Waals surface area (Å²) < 4.78 is 13.5. The molecule has 0 amide bonds. The Bertz CT molecular complexity index is 451. The first kappa shape index (κ1) is 11.5. The zero-order valence-corrected chi connectivity index (χ0v) is 10.4. The number of benzene rings is 1. The van der Waals surface area contributed by atoms with Gasteiger partial charge in [0, 0.05) is 10.9 Å². The number of ketones is 1. The molecule has 0 fully saturated rings. The van der Waals surface area contributed by atoms with E-state index in [-0.39, 0.29) is 11.6 Å². The highest BCUT2D eigenvalue weighted by molar-refractivity contribution is 9.10. The summed E-state index contributed by atoms with van der Waals surface area (Å²) in [5.74, 6) is -0.132. The maximum Gasteiger partial charge on any atom is 0.162 e. The lowest BCUT2D eigenvalue weighted by Gasteiger charge is -2.04. The quantitative estimate of drug-likeness (QED) is 0.824. The molecule has 0 bridgehead atoms. The van der Waals surface area contributed by atoms with Gasteiger partial charge in [0.2, 0.25) is 0 Å². The van der Waals surface area contributed by atoms with E-state index >= 15 is 0 Å². The van der Waals surface area contributed by atoms with Crippen molar-refractivity contribution in [1.82, 2.24) is 0 Å². The van der Waals surface area contributed by atoms with E-state index in [0.29, 0.717) is 10.9 Å². The average molecular weight is 283 g/mol. The van der Waals surface area contributed by atoms with Crippen LogP contribution < -0.4 is 0 Å². The molecule has 1 aliphatic carbocycles. The molecule has 84 valence electrons. The first-order chi connectivity index (χ1) is 7.66. The first-order valence-electron chi connectivity index (χ1n) is 5.33. The van der Waals surface area contributed by atoms with Gasteiger partial charge in [-0.25, -0.2) is 4.39 Å². The van der Waals surface area contributed by atoms with Crippen LogP contribution in [0.2, 0.25) is 0 Å². The summed E-state index contributed by atoms with van der Waals surface area (Å²) >= 11 is 3.27. The molecule has 0 aromatic heterocycles. The normalized spacial score (nSPS) is 15.0. The van der Waals surface area contributed by atoms with Crippen LogP contribution in [0.25, 0.3) is 0 Å². The van der Waals surface area contributed by atoms with E-state index in [0.717, 1.165) is 30.4 Å². The molecule has 0 saturated heterocycles. The van der Waals surface area contributed by atoms with Crippen LogP contribution in [0.4, 0.5) is 4.39 Å². The highest BCUT2D eigenvalue weighted by Gasteiger charge is 2.15. The van der Waals surface area contributed by atoms with Crippen molar-refractivity contribution in [1.29, 1.82) is 0 Å². The second-order valence-corrected chi connectivity index (χ2v) is 4.81. The molecule has 0 saturated carbocycles. The largest absolute Gasteiger partial charge is 0.294 e. The van der Waals surface area contributed by atoms with Crippen molar-refractivity contribution in [3.63, 3.8) is 0 Å². The predicted molar refractivity (Wildman–Crippen MR) is 64.7 cm³/mol. The number of carbonyl (C=O) groups is 1. The van der Waals surface area contributed by atoms with Gasteiger partial charge < -0.3 is 0 Å². The molecule has 1 aromatic rings. The number of rotatable bonds is 3. The Kier molecular flexibility index (Phi) is 3.54. The van der Waals surface area contributed by atoms with E-state index in [9.17, 15) is 9.18 Å². The Morgan fingerprint density at radius 2 is 2.25 bits per heavy atom. The zero-order valence-electron chi connectivity index (χ0n) is 8.80. The number of hydrogen-bond donors (Lipinski definition) is 0. The van der Waals surface area contributed by atoms with E-state index < -0.39 is 0 Å². The van der Waals surface area contributed by atoms with Gasteiger partial charge in [0.05, 0.1) is 0 Å². The van der Waals surface area contributed by atoms with Crippen LogP contribution in [-0.4, -0.2) is 5.78 Å². The van der Waals surface area contributed by atoms with Crippen LogP contribution in [0.5, 0.6) is 0 Å². The smallest absolute Gasteiger partial charge is 0.162 e. The molecule has 0 spiro atoms. The molecule has 1 aromatic carbocycles. The second kappa shape index (κ2) is 4.91. The lowest BCUT2D eigenvalue weighted by atomic mass is 10.0. The summed E-state index contributed by atoms with van der Waals surface area (Å²) in [4.78, 5) is 11.9. The Labute approximate surface area is 102 Å². The van der Waals surface area contributed by atoms with Gasteiger partial charge in [0.1, 0.15) is 5.82 Å². The molecule has 0 heterocycles. The lowest BCUT2D eigenvalue weighted by molar-refractivity contribution is -0.115. The van der Waals surface area contributed by atoms with Crippen LogP contribution in [-0.2, 0) is 11.2 Å². The molecule has 1 nitrogen and oxygen atoms in total. The molecule has 16 heavy (non-hydrogen) atoms. The number of allylic oxidation sites excluding steroid dienone is 2. The minimum Gasteiger partial charge on any atom is -0.294 e. The summed E-state index contributed by atoms with van der Waals surface area (Å²) in [7, 11) is 0. The molecule has 0 atom stereocenters. The molecule has 0 radical (unpaired) electrons. The molecular formula is C13H12BrFO. The molecule has 3 heteroatoms. The SMILES string of the molecule is O=C(Cc1ccc(F)cc1Br)C1=CCCC1. The molecule has 1 aliphatic rings. The van der Waals surface area contributed by atoms with Gasteiger partial charge in [-0.15, -0.1) is 0 Å². The van der Waals surface area contributed by atoms with E-state index in [4.69, 9.17) is 0 Å². The van der Waals surface area contributed by atoms with Crippen molar-refractivity contribution >= 4 is 21.7 Å². The van der Waals surface area contributed by atoms with Crippen molar-refractivity contribution in [2.75, 3.05) is 0 Å². The van der Waals surface area contributed by atoms with Gasteiger partial charge in [0.15, 0.2) is 5.78 Å². The van der Waals surface area contributed by atoms with E-state index in [1.54, 1.807) is 6.07 Å². The summed E-state index contributed by atoms with van der Waals surface area (Å²) in [5, 5.41) is 0. The third kappa shape index (κ3) is 2.59. The Morgan fingerprint density at radius 1 is 1.44 bits per heavy atom. The van der Waals surface area contributed by atoms with Crippen LogP contribution in [0, 0.1) is 5.82 Å². The average Bonchev–Trinajstić information content (AvgIpc) is 2.75. The van der Waals surface area contributed by atoms with Gasteiger partial charge in [0.25, 0.3) is 0 Å². The second-order valence-electron chi connectivity index (χ2n) is 3.96. The minimum atomic E-state index is -0.289. The van der Waals surface area contributed by atoms with Crippen molar-refractivity contribution in [3.05, 3.63) is 45.7 Å². The fourth-order valence-electron chi connectivity index (χ4n) is 1.88. The van der Waals surface area contributed by atoms with Crippen LogP contribution in [0.1, 0.15) is 24.8 Å². The monoisotopic (exact) mass is 282 g/mol. The standard InChI is InChI=1S/C13H12BrFO/c14-12-8-11(15)6-5-10(12)7-13(16)9-3-1-2-4-9/h3,5-6,8H,1-2,4,7H2. The fraction of sp³-hybridized carbons (Fsp3) is 0.308. The molecule has 0 unspecified atom stereocenters. The summed E-state index contributed by atoms with van der Waals surface area (Å²) in [6.45, 7) is 0. The minimum absolute atomic E-state index is 0.157. The van der Waals surface area contributed by atoms with E-state index in [2.05, 4.69) is 15.9 Å². The number of Topliss-reactive ketones (excluding diaryl/α,β-unsaturated/α-hetero) is 1. The van der Waals surface area contributed by atoms with Crippen LogP contribution in [0.15, 0.2) is 34.3 Å². The number of carbonyl (C=O) groups excluding carboxylic acids is 1. The van der Waals surface area contributed by atoms with Gasteiger partial charge in [-0.1, -0.05) is 28.1 Å². The van der Waals surface area contributed by atoms with Gasteiger partial charge in [-0.2, -0.15) is 0 Å². The Balaban J connectivity index is 2.11. The fourth-order valence-corrected chi connectivity index (χ4v) is 2.37. The number of halogens is 2. The van der Waals surface area contributed by atoms with Crippen molar-refractivity contribution in [3.8, 4) is 0 Å². The summed E-state index contributed by atoms with van der Waals surface area (Å²) in [6, 6.07) is 4.44. The van der Waals surface area contributed by atoms with E-state index in [1.165, 1.54) is 12.1 Å². The Morgan fingerprint density at radius 3 is 2.88 bits per heavy atom. The zero-order chi connectivity index (χ0) is 11.5. The molecule has 0 N–H and O–H groups in total. The van der Waals surface area contributed by atoms with Crippen molar-refractivity contribution < 1.29 is 9.18 Å². The summed E-state index contributed by atoms with van der Waals surface area (Å²) in [6.07, 6.45) is 5.33. The van der Waals surface area contributed by atoms with Crippen LogP contribution >= 0.6 is 15.9 Å². The van der Waals surface area contributed by atoms with E-state index in [1.807, 2.05) is 6.08 Å². The maximum atomic E-state index is 12.9. The molecular weight excluding hydrogens is 271 g/mol. The van der Waals surface area contributed by atoms with Gasteiger partial charge in [-0.3, -0.25) is 4.79 Å². The van der Waals surface area contributed by atoms with Crippen molar-refractivity contribution in [2.45, 2.75) is 25.7 Å². The lowest BCUT2D eigenvalue weighted by Crippen LogP contribution is -2.05. The molecule has 0 aliphatic heterocycles. The predicted octanol–water partition coefficient (Wildman–Crippen LogP) is 3.81. The maximum absolute atomic E-state index is 12.9. The third-order valence-electron chi connectivity index (χ3n) is 2.77. The first-order valence-corrected chi connectivity index (χ1v) is 6.12. The number of hydrogen-bond acceptors (Lipinski definition) is 1. The highest BCUT2D eigenvalue weighted by Crippen LogP contribution is 2.23. The highest BCUT2D eigenvalue weighted by atomic mass is 79.9. The van der Waals surface area contributed by atoms with Gasteiger partial charge in [-0.05, 0) is 42.5 Å². The molecule has 2 rings (SSSR count). The topological polar surface area (TPSA) is 17.1 Å². The van der Waals surface area contributed by atoms with Gasteiger partial charge >= 0.3 is 0 Å². The summed E-state index contributed by atoms with van der Waals surface area (Å²) in [5.41, 5.74) is 1.77. The third-order valence-corrected chi connectivity index (χ3v) is 3.50. The van der Waals surface area contributed by atoms with Crippen molar-refractivity contribution in [2.24, 2.45) is 0 Å². The van der Waals surface area contributed by atoms with Crippen LogP contribution in [0.3, 0.4) is 0 Å². The Hall–Kier alpha value is -0.960.